The first kappa shape index (κ1) is 21.2. The van der Waals surface area contributed by atoms with Crippen molar-refractivity contribution >= 4 is 12.1 Å². The monoisotopic (exact) mass is 405 g/mol. The van der Waals surface area contributed by atoms with Gasteiger partial charge in [0.1, 0.15) is 6.61 Å². The van der Waals surface area contributed by atoms with Crippen molar-refractivity contribution in [2.75, 3.05) is 6.54 Å². The molecule has 2 rings (SSSR count). The first-order valence-electron chi connectivity index (χ1n) is 7.68. The Balaban J connectivity index is 1.85. The predicted octanol–water partition coefficient (Wildman–Crippen LogP) is 4.05. The fourth-order valence-corrected chi connectivity index (χ4v) is 2.10. The number of pyridine rings is 1. The van der Waals surface area contributed by atoms with Gasteiger partial charge in [0, 0.05) is 12.4 Å². The van der Waals surface area contributed by atoms with Crippen molar-refractivity contribution in [3.63, 3.8) is 0 Å². The summed E-state index contributed by atoms with van der Waals surface area (Å²) in [5, 5.41) is 5.62. The fourth-order valence-electron chi connectivity index (χ4n) is 2.10. The number of hydrogen-bond acceptors (Lipinski definition) is 4. The van der Waals surface area contributed by atoms with Crippen molar-refractivity contribution < 1.29 is 36.0 Å². The molecule has 0 saturated carbocycles. The van der Waals surface area contributed by atoms with Gasteiger partial charge in [-0.25, -0.2) is 0 Å². The van der Waals surface area contributed by atoms with Crippen molar-refractivity contribution in [2.24, 2.45) is 5.16 Å². The molecule has 1 N–H and O–H groups in total. The molecule has 0 aliphatic rings. The third-order valence-electron chi connectivity index (χ3n) is 3.36. The summed E-state index contributed by atoms with van der Waals surface area (Å²) in [6, 6.07) is 5.13. The summed E-state index contributed by atoms with van der Waals surface area (Å²) in [6.45, 7) is -0.511. The van der Waals surface area contributed by atoms with Crippen LogP contribution in [0.25, 0.3) is 0 Å². The zero-order valence-electron chi connectivity index (χ0n) is 14.0. The Labute approximate surface area is 155 Å². The summed E-state index contributed by atoms with van der Waals surface area (Å²) in [6.07, 6.45) is -6.43. The highest BCUT2D eigenvalue weighted by molar-refractivity contribution is 5.96. The van der Waals surface area contributed by atoms with Gasteiger partial charge >= 0.3 is 12.4 Å². The van der Waals surface area contributed by atoms with Crippen LogP contribution < -0.4 is 5.32 Å². The molecule has 0 aliphatic carbocycles. The third-order valence-corrected chi connectivity index (χ3v) is 3.36. The second kappa shape index (κ2) is 8.72. The van der Waals surface area contributed by atoms with E-state index in [0.717, 1.165) is 30.7 Å². The summed E-state index contributed by atoms with van der Waals surface area (Å²) >= 11 is 0. The van der Waals surface area contributed by atoms with Crippen LogP contribution in [-0.4, -0.2) is 23.7 Å². The van der Waals surface area contributed by atoms with Crippen LogP contribution in [0.1, 0.15) is 27.0 Å². The average molecular weight is 405 g/mol. The molecule has 11 heteroatoms. The van der Waals surface area contributed by atoms with Gasteiger partial charge in [-0.15, -0.1) is 0 Å². The maximum atomic E-state index is 12.8. The van der Waals surface area contributed by atoms with Crippen LogP contribution in [0.15, 0.2) is 47.9 Å². The van der Waals surface area contributed by atoms with E-state index in [9.17, 15) is 31.1 Å². The second-order valence-electron chi connectivity index (χ2n) is 5.39. The van der Waals surface area contributed by atoms with E-state index in [4.69, 9.17) is 4.84 Å². The van der Waals surface area contributed by atoms with E-state index in [2.05, 4.69) is 15.5 Å². The molecule has 1 heterocycles. The van der Waals surface area contributed by atoms with E-state index in [1.54, 1.807) is 0 Å². The van der Waals surface area contributed by atoms with Crippen LogP contribution in [0.4, 0.5) is 26.3 Å². The van der Waals surface area contributed by atoms with E-state index >= 15 is 0 Å². The minimum absolute atomic E-state index is 0.223. The Hall–Kier alpha value is -3.11. The number of alkyl halides is 6. The molecule has 0 aliphatic heterocycles. The highest BCUT2D eigenvalue weighted by Crippen LogP contribution is 2.31. The first-order valence-corrected chi connectivity index (χ1v) is 7.68. The standard InChI is InChI=1S/C17H13F6N3O2/c18-16(19,20)12-3-1-2-11(8-12)10-28-26-7-6-25-15(27)13-9-24-5-4-14(13)17(21,22)23/h1-5,7-9H,6,10H2,(H,25,27). The molecular weight excluding hydrogens is 392 g/mol. The minimum Gasteiger partial charge on any atom is -0.391 e. The van der Waals surface area contributed by atoms with Crippen molar-refractivity contribution in [1.82, 2.24) is 10.3 Å². The minimum atomic E-state index is -4.71. The van der Waals surface area contributed by atoms with E-state index in [-0.39, 0.29) is 18.7 Å². The quantitative estimate of drug-likeness (QED) is 0.448. The first-order chi connectivity index (χ1) is 13.1. The van der Waals surface area contributed by atoms with Gasteiger partial charge in [-0.2, -0.15) is 26.3 Å². The van der Waals surface area contributed by atoms with Crippen molar-refractivity contribution in [3.05, 3.63) is 65.0 Å². The lowest BCUT2D eigenvalue weighted by molar-refractivity contribution is -0.138. The van der Waals surface area contributed by atoms with Crippen LogP contribution >= 0.6 is 0 Å². The average Bonchev–Trinajstić information content (AvgIpc) is 2.63. The molecule has 0 saturated heterocycles. The highest BCUT2D eigenvalue weighted by Gasteiger charge is 2.35. The van der Waals surface area contributed by atoms with Crippen molar-refractivity contribution in [2.45, 2.75) is 19.0 Å². The molecule has 0 radical (unpaired) electrons. The van der Waals surface area contributed by atoms with Crippen LogP contribution in [-0.2, 0) is 23.8 Å². The largest absolute Gasteiger partial charge is 0.417 e. The Bertz CT molecular complexity index is 849. The molecule has 150 valence electrons. The highest BCUT2D eigenvalue weighted by atomic mass is 19.4. The third kappa shape index (κ3) is 5.96. The zero-order chi connectivity index (χ0) is 20.8. The van der Waals surface area contributed by atoms with Crippen molar-refractivity contribution in [3.8, 4) is 0 Å². The Kier molecular flexibility index (Phi) is 6.60. The summed E-state index contributed by atoms with van der Waals surface area (Å²) in [4.78, 5) is 20.1. The van der Waals surface area contributed by atoms with Gasteiger partial charge in [0.2, 0.25) is 0 Å². The maximum absolute atomic E-state index is 12.8. The Morgan fingerprint density at radius 1 is 1.14 bits per heavy atom. The number of oxime groups is 1. The lowest BCUT2D eigenvalue weighted by Gasteiger charge is -2.11. The topological polar surface area (TPSA) is 63.6 Å². The number of nitrogens with zero attached hydrogens (tertiary/aromatic N) is 2. The molecular formula is C17H13F6N3O2. The van der Waals surface area contributed by atoms with Crippen LogP contribution in [0.2, 0.25) is 0 Å². The lowest BCUT2D eigenvalue weighted by Crippen LogP contribution is -2.28. The summed E-state index contributed by atoms with van der Waals surface area (Å²) < 4.78 is 76.3. The molecule has 0 spiro atoms. The molecule has 28 heavy (non-hydrogen) atoms. The van der Waals surface area contributed by atoms with E-state index < -0.39 is 35.0 Å². The van der Waals surface area contributed by atoms with E-state index in [1.165, 1.54) is 12.1 Å². The van der Waals surface area contributed by atoms with Gasteiger partial charge < -0.3 is 10.2 Å². The number of benzene rings is 1. The molecule has 0 bridgehead atoms. The number of amides is 1. The van der Waals surface area contributed by atoms with Gasteiger partial charge in [-0.1, -0.05) is 17.3 Å². The maximum Gasteiger partial charge on any atom is 0.417 e. The SMILES string of the molecule is O=C(NCC=NOCc1cccc(C(F)(F)F)c1)c1cnccc1C(F)(F)F. The fraction of sp³-hybridized carbons (Fsp3) is 0.235. The molecule has 1 aromatic carbocycles. The molecule has 2 aromatic rings. The van der Waals surface area contributed by atoms with Gasteiger partial charge in [0.05, 0.1) is 29.4 Å². The number of nitrogens with one attached hydrogen (secondary N) is 1. The van der Waals surface area contributed by atoms with Gasteiger partial charge in [0.25, 0.3) is 5.91 Å². The Morgan fingerprint density at radius 2 is 1.89 bits per heavy atom. The van der Waals surface area contributed by atoms with Gasteiger partial charge in [-0.05, 0) is 23.8 Å². The number of aromatic nitrogens is 1. The zero-order valence-corrected chi connectivity index (χ0v) is 14.0. The molecule has 1 amide bonds. The second-order valence-corrected chi connectivity index (χ2v) is 5.39. The number of hydrogen-bond donors (Lipinski definition) is 1. The number of carbonyl (C=O) groups excluding carboxylic acids is 1. The molecule has 5 nitrogen and oxygen atoms in total. The predicted molar refractivity (Wildman–Crippen MR) is 86.3 cm³/mol. The molecule has 0 atom stereocenters. The van der Waals surface area contributed by atoms with Crippen LogP contribution in [0, 0.1) is 0 Å². The lowest BCUT2D eigenvalue weighted by atomic mass is 10.1. The summed E-state index contributed by atoms with van der Waals surface area (Å²) in [5.41, 5.74) is -2.38. The molecule has 1 aromatic heterocycles. The van der Waals surface area contributed by atoms with Crippen molar-refractivity contribution in [1.29, 1.82) is 0 Å². The number of carbonyl (C=O) groups is 1. The van der Waals surface area contributed by atoms with Gasteiger partial charge in [0.15, 0.2) is 0 Å². The van der Waals surface area contributed by atoms with E-state index in [0.29, 0.717) is 6.07 Å². The molecule has 0 fully saturated rings. The van der Waals surface area contributed by atoms with Crippen LogP contribution in [0.5, 0.6) is 0 Å². The molecule has 0 unspecified atom stereocenters. The normalized spacial score (nSPS) is 12.2. The summed E-state index contributed by atoms with van der Waals surface area (Å²) in [5.74, 6) is -1.01. The van der Waals surface area contributed by atoms with Gasteiger partial charge in [-0.3, -0.25) is 9.78 Å². The Morgan fingerprint density at radius 3 is 2.57 bits per heavy atom. The number of halogens is 6. The smallest absolute Gasteiger partial charge is 0.391 e. The van der Waals surface area contributed by atoms with Crippen LogP contribution in [0.3, 0.4) is 0 Å². The van der Waals surface area contributed by atoms with E-state index in [1.807, 2.05) is 0 Å². The summed E-state index contributed by atoms with van der Waals surface area (Å²) in [7, 11) is 0. The number of rotatable bonds is 6.